The number of thioether (sulfide) groups is 1. The first-order valence-corrected chi connectivity index (χ1v) is 9.28. The average Bonchev–Trinajstić information content (AvgIpc) is 3.03. The van der Waals surface area contributed by atoms with E-state index in [0.29, 0.717) is 28.8 Å². The number of carbonyl (C=O) groups is 2. The van der Waals surface area contributed by atoms with Crippen LogP contribution in [0.3, 0.4) is 0 Å². The Labute approximate surface area is 145 Å². The normalized spacial score (nSPS) is 24.8. The molecule has 0 saturated carbocycles. The maximum Gasteiger partial charge on any atom is 0.255 e. The molecule has 5 nitrogen and oxygen atoms in total. The summed E-state index contributed by atoms with van der Waals surface area (Å²) in [6.45, 7) is 1.32. The summed E-state index contributed by atoms with van der Waals surface area (Å²) in [4.78, 5) is 29.0. The molecule has 2 saturated heterocycles. The van der Waals surface area contributed by atoms with Gasteiger partial charge in [-0.3, -0.25) is 9.59 Å². The molecule has 2 N–H and O–H groups in total. The van der Waals surface area contributed by atoms with Crippen molar-refractivity contribution >= 4 is 35.2 Å². The lowest BCUT2D eigenvalue weighted by molar-refractivity contribution is -0.136. The van der Waals surface area contributed by atoms with Gasteiger partial charge in [0.15, 0.2) is 0 Å². The molecule has 2 unspecified atom stereocenters. The molecule has 1 aromatic rings. The molecule has 1 aromatic carbocycles. The maximum atomic E-state index is 12.8. The standard InChI is InChI=1S/C16H20ClN3O2S/c17-12-5-3-11(4-6-12)15(21)20-10-23-9-14(20)16(22)19-7-1-2-13(18)8-19/h3-6,13-14H,1-2,7-10,18H2. The zero-order valence-electron chi connectivity index (χ0n) is 12.8. The molecule has 0 spiro atoms. The molecule has 23 heavy (non-hydrogen) atoms. The smallest absolute Gasteiger partial charge is 0.255 e. The second-order valence-electron chi connectivity index (χ2n) is 5.98. The van der Waals surface area contributed by atoms with Crippen molar-refractivity contribution in [3.63, 3.8) is 0 Å². The van der Waals surface area contributed by atoms with Gasteiger partial charge in [-0.2, -0.15) is 0 Å². The number of rotatable bonds is 2. The summed E-state index contributed by atoms with van der Waals surface area (Å²) >= 11 is 7.48. The first kappa shape index (κ1) is 16.6. The van der Waals surface area contributed by atoms with E-state index in [4.69, 9.17) is 17.3 Å². The number of benzene rings is 1. The highest BCUT2D eigenvalue weighted by molar-refractivity contribution is 7.99. The Morgan fingerprint density at radius 1 is 1.26 bits per heavy atom. The fourth-order valence-corrected chi connectivity index (χ4v) is 4.30. The number of hydrogen-bond donors (Lipinski definition) is 1. The van der Waals surface area contributed by atoms with E-state index in [1.807, 2.05) is 4.90 Å². The first-order valence-electron chi connectivity index (χ1n) is 7.75. The van der Waals surface area contributed by atoms with E-state index in [9.17, 15) is 9.59 Å². The number of hydrogen-bond acceptors (Lipinski definition) is 4. The molecule has 2 aliphatic heterocycles. The van der Waals surface area contributed by atoms with Crippen molar-refractivity contribution in [2.24, 2.45) is 5.73 Å². The third-order valence-corrected chi connectivity index (χ3v) is 5.55. The summed E-state index contributed by atoms with van der Waals surface area (Å²) in [7, 11) is 0. The zero-order valence-corrected chi connectivity index (χ0v) is 14.4. The van der Waals surface area contributed by atoms with Crippen LogP contribution < -0.4 is 5.73 Å². The molecule has 2 atom stereocenters. The summed E-state index contributed by atoms with van der Waals surface area (Å²) in [5.41, 5.74) is 6.53. The molecule has 124 valence electrons. The lowest BCUT2D eigenvalue weighted by Gasteiger charge is -2.34. The minimum Gasteiger partial charge on any atom is -0.339 e. The minimum atomic E-state index is -0.395. The van der Waals surface area contributed by atoms with Gasteiger partial charge in [-0.25, -0.2) is 0 Å². The van der Waals surface area contributed by atoms with Crippen molar-refractivity contribution in [2.45, 2.75) is 24.9 Å². The van der Waals surface area contributed by atoms with Crippen molar-refractivity contribution in [3.05, 3.63) is 34.9 Å². The molecule has 2 amide bonds. The minimum absolute atomic E-state index is 0.0208. The van der Waals surface area contributed by atoms with Crippen LogP contribution in [0.1, 0.15) is 23.2 Å². The monoisotopic (exact) mass is 353 g/mol. The van der Waals surface area contributed by atoms with Crippen LogP contribution in [-0.2, 0) is 4.79 Å². The van der Waals surface area contributed by atoms with E-state index in [0.717, 1.165) is 19.4 Å². The quantitative estimate of drug-likeness (QED) is 0.880. The third-order valence-electron chi connectivity index (χ3n) is 4.29. The van der Waals surface area contributed by atoms with Crippen LogP contribution >= 0.6 is 23.4 Å². The van der Waals surface area contributed by atoms with Gasteiger partial charge in [0.2, 0.25) is 5.91 Å². The van der Waals surface area contributed by atoms with Gasteiger partial charge < -0.3 is 15.5 Å². The fourth-order valence-electron chi connectivity index (χ4n) is 3.03. The van der Waals surface area contributed by atoms with Crippen LogP contribution in [0, 0.1) is 0 Å². The number of nitrogens with two attached hydrogens (primary N) is 1. The Morgan fingerprint density at radius 2 is 2.00 bits per heavy atom. The first-order chi connectivity index (χ1) is 11.1. The number of halogens is 1. The van der Waals surface area contributed by atoms with E-state index in [1.54, 1.807) is 40.9 Å². The van der Waals surface area contributed by atoms with E-state index in [-0.39, 0.29) is 17.9 Å². The van der Waals surface area contributed by atoms with Crippen molar-refractivity contribution in [2.75, 3.05) is 24.7 Å². The maximum absolute atomic E-state index is 12.8. The summed E-state index contributed by atoms with van der Waals surface area (Å²) < 4.78 is 0. The van der Waals surface area contributed by atoms with E-state index < -0.39 is 6.04 Å². The van der Waals surface area contributed by atoms with Crippen molar-refractivity contribution in [3.8, 4) is 0 Å². The topological polar surface area (TPSA) is 66.6 Å². The molecule has 2 fully saturated rings. The van der Waals surface area contributed by atoms with Crippen LogP contribution in [-0.4, -0.2) is 58.4 Å². The van der Waals surface area contributed by atoms with Crippen LogP contribution in [0.25, 0.3) is 0 Å². The Morgan fingerprint density at radius 3 is 2.70 bits per heavy atom. The molecule has 0 bridgehead atoms. The predicted molar refractivity (Wildman–Crippen MR) is 92.5 cm³/mol. The van der Waals surface area contributed by atoms with Crippen LogP contribution in [0.15, 0.2) is 24.3 Å². The summed E-state index contributed by atoms with van der Waals surface area (Å²) in [5, 5.41) is 0.590. The van der Waals surface area contributed by atoms with Gasteiger partial charge in [-0.15, -0.1) is 11.8 Å². The fraction of sp³-hybridized carbons (Fsp3) is 0.500. The van der Waals surface area contributed by atoms with Crippen molar-refractivity contribution < 1.29 is 9.59 Å². The zero-order chi connectivity index (χ0) is 16.4. The molecular formula is C16H20ClN3O2S. The van der Waals surface area contributed by atoms with E-state index in [2.05, 4.69) is 0 Å². The third kappa shape index (κ3) is 3.65. The lowest BCUT2D eigenvalue weighted by Crippen LogP contribution is -2.53. The average molecular weight is 354 g/mol. The van der Waals surface area contributed by atoms with Gasteiger partial charge in [0.1, 0.15) is 6.04 Å². The molecule has 2 heterocycles. The number of piperidine rings is 1. The predicted octanol–water partition coefficient (Wildman–Crippen LogP) is 1.80. The second-order valence-corrected chi connectivity index (χ2v) is 7.42. The number of carbonyl (C=O) groups excluding carboxylic acids is 2. The highest BCUT2D eigenvalue weighted by Crippen LogP contribution is 2.26. The Kier molecular flexibility index (Phi) is 5.14. The number of amides is 2. The molecule has 7 heteroatoms. The van der Waals surface area contributed by atoms with Crippen LogP contribution in [0.2, 0.25) is 5.02 Å². The molecule has 0 aromatic heterocycles. The molecule has 3 rings (SSSR count). The second kappa shape index (κ2) is 7.11. The van der Waals surface area contributed by atoms with Gasteiger partial charge in [-0.1, -0.05) is 11.6 Å². The molecule has 2 aliphatic rings. The van der Waals surface area contributed by atoms with Crippen LogP contribution in [0.4, 0.5) is 0 Å². The van der Waals surface area contributed by atoms with Gasteiger partial charge in [-0.05, 0) is 37.1 Å². The number of nitrogens with zero attached hydrogens (tertiary/aromatic N) is 2. The SMILES string of the molecule is NC1CCCN(C(=O)C2CSCN2C(=O)c2ccc(Cl)cc2)C1. The van der Waals surface area contributed by atoms with E-state index in [1.165, 1.54) is 0 Å². The Balaban J connectivity index is 1.73. The summed E-state index contributed by atoms with van der Waals surface area (Å²) in [6.07, 6.45) is 1.88. The largest absolute Gasteiger partial charge is 0.339 e. The Hall–Kier alpha value is -1.24. The van der Waals surface area contributed by atoms with Crippen molar-refractivity contribution in [1.82, 2.24) is 9.80 Å². The Bertz CT molecular complexity index is 595. The molecular weight excluding hydrogens is 334 g/mol. The van der Waals surface area contributed by atoms with Crippen molar-refractivity contribution in [1.29, 1.82) is 0 Å². The summed E-state index contributed by atoms with van der Waals surface area (Å²) in [6, 6.07) is 6.44. The molecule has 0 aliphatic carbocycles. The summed E-state index contributed by atoms with van der Waals surface area (Å²) in [5.74, 6) is 1.08. The van der Waals surface area contributed by atoms with Gasteiger partial charge >= 0.3 is 0 Å². The highest BCUT2D eigenvalue weighted by atomic mass is 35.5. The van der Waals surface area contributed by atoms with E-state index >= 15 is 0 Å². The van der Waals surface area contributed by atoms with Gasteiger partial charge in [0.05, 0.1) is 5.88 Å². The molecule has 0 radical (unpaired) electrons. The highest BCUT2D eigenvalue weighted by Gasteiger charge is 2.38. The van der Waals surface area contributed by atoms with Crippen LogP contribution in [0.5, 0.6) is 0 Å². The number of likely N-dealkylation sites (tertiary alicyclic amines) is 1. The van der Waals surface area contributed by atoms with Gasteiger partial charge in [0, 0.05) is 35.5 Å². The van der Waals surface area contributed by atoms with Gasteiger partial charge in [0.25, 0.3) is 5.91 Å². The lowest BCUT2D eigenvalue weighted by atomic mass is 10.1.